The number of carbonyl (C=O) groups is 2. The molecule has 2 amide bonds. The van der Waals surface area contributed by atoms with Gasteiger partial charge >= 0.3 is 12.0 Å². The molecule has 3 N–H and O–H groups in total. The molecule has 1 aromatic heterocycles. The van der Waals surface area contributed by atoms with E-state index in [1.807, 2.05) is 6.92 Å². The second kappa shape index (κ2) is 5.50. The van der Waals surface area contributed by atoms with Gasteiger partial charge in [0, 0.05) is 6.54 Å². The van der Waals surface area contributed by atoms with Gasteiger partial charge in [-0.2, -0.15) is 0 Å². The summed E-state index contributed by atoms with van der Waals surface area (Å²) < 4.78 is 0. The lowest BCUT2D eigenvalue weighted by Crippen LogP contribution is -2.28. The van der Waals surface area contributed by atoms with E-state index < -0.39 is 5.97 Å². The van der Waals surface area contributed by atoms with Gasteiger partial charge in [-0.15, -0.1) is 11.3 Å². The number of carboxylic acids is 1. The first-order valence-electron chi connectivity index (χ1n) is 4.93. The summed E-state index contributed by atoms with van der Waals surface area (Å²) in [6, 6.07) is 1.35. The molecule has 0 radical (unpaired) electrons. The van der Waals surface area contributed by atoms with Crippen LogP contribution in [0.25, 0.3) is 0 Å². The van der Waals surface area contributed by atoms with Gasteiger partial charge < -0.3 is 10.4 Å². The first-order valence-corrected chi connectivity index (χ1v) is 5.74. The van der Waals surface area contributed by atoms with Crippen molar-refractivity contribution in [3.05, 3.63) is 16.5 Å². The van der Waals surface area contributed by atoms with Crippen LogP contribution in [0.3, 0.4) is 0 Å². The summed E-state index contributed by atoms with van der Waals surface area (Å²) in [6.45, 7) is 4.26. The molecular weight excluding hydrogens is 228 g/mol. The van der Waals surface area contributed by atoms with Crippen LogP contribution in [0.2, 0.25) is 0 Å². The molecule has 0 saturated carbocycles. The van der Waals surface area contributed by atoms with E-state index in [2.05, 4.69) is 10.6 Å². The molecule has 0 spiro atoms. The minimum atomic E-state index is -0.968. The van der Waals surface area contributed by atoms with E-state index in [0.717, 1.165) is 17.8 Å². The molecule has 0 aliphatic rings. The van der Waals surface area contributed by atoms with Crippen molar-refractivity contribution in [2.24, 2.45) is 0 Å². The number of hydrogen-bond donors (Lipinski definition) is 3. The molecule has 0 saturated heterocycles. The van der Waals surface area contributed by atoms with Gasteiger partial charge in [-0.3, -0.25) is 5.32 Å². The smallest absolute Gasteiger partial charge is 0.346 e. The van der Waals surface area contributed by atoms with E-state index in [0.29, 0.717) is 17.1 Å². The zero-order chi connectivity index (χ0) is 12.1. The minimum absolute atomic E-state index is 0.255. The summed E-state index contributed by atoms with van der Waals surface area (Å²) >= 11 is 1.06. The largest absolute Gasteiger partial charge is 0.477 e. The molecule has 0 aliphatic carbocycles. The van der Waals surface area contributed by atoms with Crippen LogP contribution < -0.4 is 10.6 Å². The highest BCUT2D eigenvalue weighted by atomic mass is 32.1. The summed E-state index contributed by atoms with van der Waals surface area (Å²) in [5.74, 6) is -0.968. The van der Waals surface area contributed by atoms with Crippen LogP contribution in [-0.4, -0.2) is 23.7 Å². The van der Waals surface area contributed by atoms with Crippen molar-refractivity contribution in [2.75, 3.05) is 11.9 Å². The van der Waals surface area contributed by atoms with Crippen molar-refractivity contribution in [1.82, 2.24) is 5.32 Å². The maximum absolute atomic E-state index is 11.3. The van der Waals surface area contributed by atoms with Crippen LogP contribution in [0.5, 0.6) is 0 Å². The Morgan fingerprint density at radius 1 is 1.50 bits per heavy atom. The highest BCUT2D eigenvalue weighted by Crippen LogP contribution is 2.26. The minimum Gasteiger partial charge on any atom is -0.477 e. The molecule has 0 atom stereocenters. The van der Waals surface area contributed by atoms with Gasteiger partial charge in [-0.25, -0.2) is 9.59 Å². The number of urea groups is 1. The molecule has 88 valence electrons. The van der Waals surface area contributed by atoms with Crippen molar-refractivity contribution in [3.8, 4) is 0 Å². The number of anilines is 1. The summed E-state index contributed by atoms with van der Waals surface area (Å²) in [5, 5.41) is 14.6. The topological polar surface area (TPSA) is 78.4 Å². The Hall–Kier alpha value is -1.56. The van der Waals surface area contributed by atoms with Crippen molar-refractivity contribution in [2.45, 2.75) is 20.3 Å². The van der Waals surface area contributed by atoms with Crippen molar-refractivity contribution in [3.63, 3.8) is 0 Å². The summed E-state index contributed by atoms with van der Waals surface area (Å²) in [6.07, 6.45) is 0.858. The molecule has 1 aromatic rings. The average Bonchev–Trinajstić information content (AvgIpc) is 2.56. The van der Waals surface area contributed by atoms with E-state index in [9.17, 15) is 9.59 Å². The van der Waals surface area contributed by atoms with E-state index in [4.69, 9.17) is 5.11 Å². The van der Waals surface area contributed by atoms with Gasteiger partial charge in [0.05, 0.1) is 5.00 Å². The summed E-state index contributed by atoms with van der Waals surface area (Å²) in [5.41, 5.74) is 0.656. The fourth-order valence-electron chi connectivity index (χ4n) is 1.15. The second-order valence-corrected chi connectivity index (χ2v) is 4.36. The molecule has 1 heterocycles. The third kappa shape index (κ3) is 3.23. The van der Waals surface area contributed by atoms with Gasteiger partial charge in [0.25, 0.3) is 0 Å². The number of nitrogens with one attached hydrogen (secondary N) is 2. The highest BCUT2D eigenvalue weighted by Gasteiger charge is 2.13. The molecular formula is C10H14N2O3S. The van der Waals surface area contributed by atoms with Gasteiger partial charge in [0.15, 0.2) is 0 Å². The fourth-order valence-corrected chi connectivity index (χ4v) is 2.06. The molecule has 0 fully saturated rings. The molecule has 0 unspecified atom stereocenters. The van der Waals surface area contributed by atoms with E-state index >= 15 is 0 Å². The van der Waals surface area contributed by atoms with Gasteiger partial charge in [0.1, 0.15) is 4.88 Å². The van der Waals surface area contributed by atoms with E-state index in [-0.39, 0.29) is 10.9 Å². The standard InChI is InChI=1S/C10H14N2O3S/c1-3-4-11-10(15)12-7-5-6(2)8(16-7)9(13)14/h5H,3-4H2,1-2H3,(H,13,14)(H2,11,12,15). The van der Waals surface area contributed by atoms with Gasteiger partial charge in [-0.05, 0) is 25.0 Å². The average molecular weight is 242 g/mol. The van der Waals surface area contributed by atoms with Gasteiger partial charge in [0.2, 0.25) is 0 Å². The Morgan fingerprint density at radius 2 is 2.19 bits per heavy atom. The number of thiophene rings is 1. The van der Waals surface area contributed by atoms with Crippen LogP contribution in [0.15, 0.2) is 6.07 Å². The van der Waals surface area contributed by atoms with Gasteiger partial charge in [-0.1, -0.05) is 6.92 Å². The zero-order valence-electron chi connectivity index (χ0n) is 9.16. The van der Waals surface area contributed by atoms with Crippen molar-refractivity contribution >= 4 is 28.3 Å². The number of rotatable bonds is 4. The first-order chi connectivity index (χ1) is 7.54. The second-order valence-electron chi connectivity index (χ2n) is 3.31. The molecule has 0 aromatic carbocycles. The van der Waals surface area contributed by atoms with E-state index in [1.165, 1.54) is 0 Å². The highest BCUT2D eigenvalue weighted by molar-refractivity contribution is 7.18. The SMILES string of the molecule is CCCNC(=O)Nc1cc(C)c(C(=O)O)s1. The number of carbonyl (C=O) groups excluding carboxylic acids is 1. The van der Waals surface area contributed by atoms with Crippen LogP contribution in [0.4, 0.5) is 9.80 Å². The molecule has 0 aliphatic heterocycles. The van der Waals surface area contributed by atoms with Crippen LogP contribution in [0.1, 0.15) is 28.6 Å². The first kappa shape index (κ1) is 12.5. The predicted octanol–water partition coefficient (Wildman–Crippen LogP) is 2.29. The zero-order valence-corrected chi connectivity index (χ0v) is 9.98. The molecule has 16 heavy (non-hydrogen) atoms. The normalized spacial score (nSPS) is 9.88. The number of aromatic carboxylic acids is 1. The molecule has 5 nitrogen and oxygen atoms in total. The van der Waals surface area contributed by atoms with Crippen LogP contribution in [0, 0.1) is 6.92 Å². The quantitative estimate of drug-likeness (QED) is 0.758. The Kier molecular flexibility index (Phi) is 4.30. The lowest BCUT2D eigenvalue weighted by atomic mass is 10.3. The number of hydrogen-bond acceptors (Lipinski definition) is 3. The number of carboxylic acid groups (broad SMARTS) is 1. The van der Waals surface area contributed by atoms with Crippen LogP contribution >= 0.6 is 11.3 Å². The predicted molar refractivity (Wildman–Crippen MR) is 63.3 cm³/mol. The van der Waals surface area contributed by atoms with Crippen LogP contribution in [-0.2, 0) is 0 Å². The third-order valence-corrected chi connectivity index (χ3v) is 3.02. The Morgan fingerprint density at radius 3 is 2.69 bits per heavy atom. The third-order valence-electron chi connectivity index (χ3n) is 1.88. The lowest BCUT2D eigenvalue weighted by Gasteiger charge is -2.03. The van der Waals surface area contributed by atoms with Crippen molar-refractivity contribution in [1.29, 1.82) is 0 Å². The number of aryl methyl sites for hydroxylation is 1. The summed E-state index contributed by atoms with van der Waals surface area (Å²) in [7, 11) is 0. The summed E-state index contributed by atoms with van der Waals surface area (Å²) in [4.78, 5) is 22.3. The Bertz CT molecular complexity index is 401. The lowest BCUT2D eigenvalue weighted by molar-refractivity contribution is 0.0701. The van der Waals surface area contributed by atoms with E-state index in [1.54, 1.807) is 13.0 Å². The fraction of sp³-hybridized carbons (Fsp3) is 0.400. The molecule has 6 heteroatoms. The van der Waals surface area contributed by atoms with Crippen molar-refractivity contribution < 1.29 is 14.7 Å². The maximum Gasteiger partial charge on any atom is 0.346 e. The number of amides is 2. The monoisotopic (exact) mass is 242 g/mol. The maximum atomic E-state index is 11.3. The Balaban J connectivity index is 2.64. The molecule has 1 rings (SSSR count). The molecule has 0 bridgehead atoms. The Labute approximate surface area is 97.5 Å².